The molecule has 0 spiro atoms. The number of pyridine rings is 1. The molecule has 0 aliphatic rings. The summed E-state index contributed by atoms with van der Waals surface area (Å²) in [6.07, 6.45) is -1.04. The van der Waals surface area contributed by atoms with Crippen LogP contribution < -0.4 is 10.7 Å². The number of hydrogen-bond acceptors (Lipinski definition) is 5. The van der Waals surface area contributed by atoms with Crippen molar-refractivity contribution in [3.05, 3.63) is 58.8 Å². The number of fused-ring (bicyclic) bond motifs is 2. The number of halogens is 1. The van der Waals surface area contributed by atoms with Gasteiger partial charge in [-0.1, -0.05) is 38.1 Å². The first-order valence-corrected chi connectivity index (χ1v) is 10.8. The molecular formula is C25H25FN2O6. The van der Waals surface area contributed by atoms with Gasteiger partial charge in [0.2, 0.25) is 11.8 Å². The van der Waals surface area contributed by atoms with E-state index in [1.807, 2.05) is 0 Å². The zero-order valence-corrected chi connectivity index (χ0v) is 18.8. The molecule has 2 aromatic carbocycles. The van der Waals surface area contributed by atoms with Gasteiger partial charge in [-0.15, -0.1) is 0 Å². The summed E-state index contributed by atoms with van der Waals surface area (Å²) in [6.45, 7) is 2.00. The molecule has 1 aromatic heterocycles. The molecule has 0 saturated carbocycles. The summed E-state index contributed by atoms with van der Waals surface area (Å²) in [4.78, 5) is 62.2. The molecule has 2 atom stereocenters. The van der Waals surface area contributed by atoms with Crippen LogP contribution in [-0.4, -0.2) is 46.0 Å². The van der Waals surface area contributed by atoms with Crippen LogP contribution >= 0.6 is 0 Å². The Bertz CT molecular complexity index is 1270. The van der Waals surface area contributed by atoms with E-state index in [0.29, 0.717) is 21.8 Å². The fraction of sp³-hybridized carbons (Fsp3) is 0.320. The number of Topliss-reactive ketones (excluding diaryl/α,β-unsaturated/α-hetero) is 1. The van der Waals surface area contributed by atoms with Crippen LogP contribution in [0.15, 0.2) is 53.3 Å². The molecule has 1 unspecified atom stereocenters. The molecule has 8 nitrogen and oxygen atoms in total. The molecule has 2 N–H and O–H groups in total. The van der Waals surface area contributed by atoms with Gasteiger partial charge in [0.25, 0.3) is 0 Å². The maximum absolute atomic E-state index is 13.5. The maximum atomic E-state index is 13.5. The number of carbonyl (C=O) groups is 4. The molecule has 0 fully saturated rings. The average molecular weight is 468 g/mol. The molecule has 3 rings (SSSR count). The molecule has 0 bridgehead atoms. The number of carboxylic acids is 1. The number of ketones is 1. The van der Waals surface area contributed by atoms with Crippen molar-refractivity contribution in [1.29, 1.82) is 0 Å². The number of nitrogens with one attached hydrogen (secondary N) is 1. The second kappa shape index (κ2) is 10.4. The number of aromatic nitrogens is 1. The lowest BCUT2D eigenvalue weighted by Crippen LogP contribution is -2.47. The van der Waals surface area contributed by atoms with Gasteiger partial charge in [-0.05, 0) is 30.2 Å². The molecular weight excluding hydrogens is 443 g/mol. The summed E-state index contributed by atoms with van der Waals surface area (Å²) < 4.78 is 14.3. The number of nitrogens with zero attached hydrogens (tertiary/aromatic N) is 1. The van der Waals surface area contributed by atoms with E-state index in [1.165, 1.54) is 4.57 Å². The molecule has 1 amide bonds. The van der Waals surface area contributed by atoms with Crippen LogP contribution in [0.1, 0.15) is 31.5 Å². The average Bonchev–Trinajstić information content (AvgIpc) is 2.81. The third-order valence-corrected chi connectivity index (χ3v) is 5.78. The summed E-state index contributed by atoms with van der Waals surface area (Å²) in [5.41, 5.74) is 0.584. The first-order chi connectivity index (χ1) is 16.1. The van der Waals surface area contributed by atoms with Crippen LogP contribution in [-0.2, 0) is 14.4 Å². The first kappa shape index (κ1) is 24.8. The Morgan fingerprint density at radius 2 is 1.47 bits per heavy atom. The molecule has 1 heterocycles. The topological polar surface area (TPSA) is 123 Å². The lowest BCUT2D eigenvalue weighted by atomic mass is 9.90. The molecule has 34 heavy (non-hydrogen) atoms. The minimum Gasteiger partial charge on any atom is -0.481 e. The Labute approximate surface area is 194 Å². The minimum atomic E-state index is -1.53. The number of carbonyl (C=O) groups excluding carboxylic acids is 3. The molecule has 0 radical (unpaired) electrons. The second-order valence-electron chi connectivity index (χ2n) is 8.41. The van der Waals surface area contributed by atoms with Gasteiger partial charge in [0.15, 0.2) is 11.2 Å². The van der Waals surface area contributed by atoms with E-state index < -0.39 is 48.6 Å². The predicted molar refractivity (Wildman–Crippen MR) is 124 cm³/mol. The minimum absolute atomic E-state index is 0.213. The van der Waals surface area contributed by atoms with Crippen LogP contribution in [0.5, 0.6) is 0 Å². The van der Waals surface area contributed by atoms with Crippen LogP contribution in [0.3, 0.4) is 0 Å². The molecule has 0 saturated heterocycles. The van der Waals surface area contributed by atoms with E-state index in [9.17, 15) is 28.4 Å². The molecule has 3 aromatic rings. The maximum Gasteiger partial charge on any atom is 0.305 e. The number of rotatable bonds is 9. The van der Waals surface area contributed by atoms with E-state index in [-0.39, 0.29) is 17.8 Å². The Hall–Kier alpha value is -3.88. The highest BCUT2D eigenvalue weighted by Crippen LogP contribution is 2.23. The summed E-state index contributed by atoms with van der Waals surface area (Å²) in [6, 6.07) is 11.8. The highest BCUT2D eigenvalue weighted by molar-refractivity contribution is 6.03. The van der Waals surface area contributed by atoms with Gasteiger partial charge in [-0.25, -0.2) is 4.39 Å². The highest BCUT2D eigenvalue weighted by Gasteiger charge is 2.31. The van der Waals surface area contributed by atoms with Gasteiger partial charge < -0.3 is 10.4 Å². The SMILES string of the molecule is CC(C)[C@H](CC(=O)n1c2ccccc2c(=O)c2ccccc21)C(=O)NC(CC(=O)O)C(=O)CF. The van der Waals surface area contributed by atoms with Gasteiger partial charge >= 0.3 is 5.97 Å². The monoisotopic (exact) mass is 468 g/mol. The van der Waals surface area contributed by atoms with Crippen LogP contribution in [0.4, 0.5) is 4.39 Å². The van der Waals surface area contributed by atoms with Crippen molar-refractivity contribution in [2.75, 3.05) is 6.67 Å². The van der Waals surface area contributed by atoms with Crippen molar-refractivity contribution in [2.24, 2.45) is 11.8 Å². The fourth-order valence-corrected chi connectivity index (χ4v) is 3.97. The van der Waals surface area contributed by atoms with Crippen molar-refractivity contribution < 1.29 is 28.7 Å². The second-order valence-corrected chi connectivity index (χ2v) is 8.41. The highest BCUT2D eigenvalue weighted by atomic mass is 19.1. The van der Waals surface area contributed by atoms with Gasteiger partial charge in [0.05, 0.1) is 17.5 Å². The Balaban J connectivity index is 2.00. The van der Waals surface area contributed by atoms with E-state index >= 15 is 0 Å². The standard InChI is InChI=1S/C25H25FN2O6/c1-14(2)17(25(34)27-18(12-23(31)32)21(29)13-26)11-22(30)28-19-9-5-3-7-15(19)24(33)16-8-4-6-10-20(16)28/h3-10,14,17-18H,11-13H2,1-2H3,(H,27,34)(H,31,32)/t17-,18?/m0/s1. The van der Waals surface area contributed by atoms with Gasteiger partial charge in [-0.2, -0.15) is 0 Å². The van der Waals surface area contributed by atoms with E-state index in [1.54, 1.807) is 62.4 Å². The number of hydrogen-bond donors (Lipinski definition) is 2. The van der Waals surface area contributed by atoms with E-state index in [4.69, 9.17) is 5.11 Å². The van der Waals surface area contributed by atoms with Crippen LogP contribution in [0.2, 0.25) is 0 Å². The summed E-state index contributed by atoms with van der Waals surface area (Å²) >= 11 is 0. The van der Waals surface area contributed by atoms with Crippen LogP contribution in [0, 0.1) is 11.8 Å². The third-order valence-electron chi connectivity index (χ3n) is 5.78. The van der Waals surface area contributed by atoms with Crippen LogP contribution in [0.25, 0.3) is 21.8 Å². The predicted octanol–water partition coefficient (Wildman–Crippen LogP) is 2.96. The Morgan fingerprint density at radius 1 is 0.941 bits per heavy atom. The lowest BCUT2D eigenvalue weighted by Gasteiger charge is -2.24. The van der Waals surface area contributed by atoms with Crippen molar-refractivity contribution in [2.45, 2.75) is 32.7 Å². The van der Waals surface area contributed by atoms with Gasteiger partial charge in [0, 0.05) is 23.1 Å². The smallest absolute Gasteiger partial charge is 0.305 e. The molecule has 178 valence electrons. The number of benzene rings is 2. The number of amides is 1. The molecule has 0 aliphatic carbocycles. The largest absolute Gasteiger partial charge is 0.481 e. The van der Waals surface area contributed by atoms with Gasteiger partial charge in [-0.3, -0.25) is 28.5 Å². The summed E-state index contributed by atoms with van der Waals surface area (Å²) in [7, 11) is 0. The fourth-order valence-electron chi connectivity index (χ4n) is 3.97. The normalized spacial score (nSPS) is 13.1. The first-order valence-electron chi connectivity index (χ1n) is 10.8. The van der Waals surface area contributed by atoms with Crippen molar-refractivity contribution >= 4 is 45.4 Å². The molecule has 0 aliphatic heterocycles. The summed E-state index contributed by atoms with van der Waals surface area (Å²) in [5.74, 6) is -4.86. The van der Waals surface area contributed by atoms with Gasteiger partial charge in [0.1, 0.15) is 12.7 Å². The van der Waals surface area contributed by atoms with Crippen molar-refractivity contribution in [3.63, 3.8) is 0 Å². The zero-order chi connectivity index (χ0) is 25.0. The summed E-state index contributed by atoms with van der Waals surface area (Å²) in [5, 5.41) is 12.0. The van der Waals surface area contributed by atoms with Crippen molar-refractivity contribution in [3.8, 4) is 0 Å². The zero-order valence-electron chi connectivity index (χ0n) is 18.8. The van der Waals surface area contributed by atoms with Crippen molar-refractivity contribution in [1.82, 2.24) is 9.88 Å². The van der Waals surface area contributed by atoms with E-state index in [2.05, 4.69) is 5.32 Å². The quantitative estimate of drug-likeness (QED) is 0.466. The third kappa shape index (κ3) is 5.03. The Morgan fingerprint density at radius 3 is 1.94 bits per heavy atom. The number of para-hydroxylation sites is 2. The number of aliphatic carboxylic acids is 1. The molecule has 9 heteroatoms. The lowest BCUT2D eigenvalue weighted by molar-refractivity contribution is -0.140. The number of alkyl halides is 1. The van der Waals surface area contributed by atoms with E-state index in [0.717, 1.165) is 0 Å². The number of carboxylic acid groups (broad SMARTS) is 1. The Kier molecular flexibility index (Phi) is 7.55.